The van der Waals surface area contributed by atoms with Crippen LogP contribution in [0.2, 0.25) is 0 Å². The molecule has 0 fully saturated rings. The largest absolute Gasteiger partial charge is 0.507 e. The number of carbonyl (C=O) groups excluding carboxylic acids is 1. The monoisotopic (exact) mass is 583 g/mol. The molecule has 0 saturated carbocycles. The summed E-state index contributed by atoms with van der Waals surface area (Å²) in [5.41, 5.74) is 1.01. The minimum atomic E-state index is -5.30. The number of esters is 1. The molecule has 0 aliphatic rings. The molecule has 3 aromatic carbocycles. The van der Waals surface area contributed by atoms with Gasteiger partial charge in [-0.25, -0.2) is 4.79 Å². The second-order valence-electron chi connectivity index (χ2n) is 12.5. The summed E-state index contributed by atoms with van der Waals surface area (Å²) in [6.45, 7) is 10.6. The first kappa shape index (κ1) is 30.9. The third kappa shape index (κ3) is 6.09. The second kappa shape index (κ2) is 11.0. The Kier molecular flexibility index (Phi) is 8.08. The van der Waals surface area contributed by atoms with Crippen molar-refractivity contribution < 1.29 is 32.9 Å². The normalized spacial score (nSPS) is 13.4. The van der Waals surface area contributed by atoms with Gasteiger partial charge in [0.15, 0.2) is 0 Å². The number of alkyl halides is 3. The number of nitrogens with zero attached hydrogens (tertiary/aromatic N) is 2. The highest BCUT2D eigenvalue weighted by Gasteiger charge is 2.44. The number of benzene rings is 3. The predicted octanol–water partition coefficient (Wildman–Crippen LogP) is 6.47. The average molecular weight is 584 g/mol. The molecule has 0 amide bonds. The molecule has 1 aromatic heterocycles. The van der Waals surface area contributed by atoms with Crippen LogP contribution in [0.15, 0.2) is 60.7 Å². The molecule has 0 bridgehead atoms. The number of rotatable bonds is 6. The number of aliphatic hydroxyl groups is 1. The molecule has 0 saturated heterocycles. The molecule has 10 heteroatoms. The van der Waals surface area contributed by atoms with Crippen LogP contribution in [-0.2, 0) is 28.7 Å². The smallest absolute Gasteiger partial charge is 0.491 e. The summed E-state index contributed by atoms with van der Waals surface area (Å²) in [5, 5.41) is 31.9. The fourth-order valence-electron chi connectivity index (χ4n) is 5.13. The fraction of sp³-hybridized carbons (Fsp3) is 0.375. The van der Waals surface area contributed by atoms with Crippen LogP contribution in [0.3, 0.4) is 0 Å². The van der Waals surface area contributed by atoms with Gasteiger partial charge in [0.1, 0.15) is 17.6 Å². The van der Waals surface area contributed by atoms with E-state index in [2.05, 4.69) is 0 Å². The van der Waals surface area contributed by atoms with E-state index in [1.807, 2.05) is 63.2 Å². The molecule has 42 heavy (non-hydrogen) atoms. The fourth-order valence-corrected chi connectivity index (χ4v) is 5.13. The maximum absolute atomic E-state index is 13.4. The Balaban J connectivity index is 1.92. The number of hydrogen-bond acceptors (Lipinski definition) is 5. The Morgan fingerprint density at radius 3 is 1.98 bits per heavy atom. The summed E-state index contributed by atoms with van der Waals surface area (Å²) in [7, 11) is 0. The van der Waals surface area contributed by atoms with Gasteiger partial charge in [-0.05, 0) is 34.6 Å². The van der Waals surface area contributed by atoms with Gasteiger partial charge < -0.3 is 24.1 Å². The Bertz CT molecular complexity index is 1670. The number of hydrogen-bond donors (Lipinski definition) is 3. The molecule has 4 aromatic rings. The Labute approximate surface area is 242 Å². The number of halogens is 3. The number of nitrogens with one attached hydrogen (secondary N) is 1. The van der Waals surface area contributed by atoms with Crippen molar-refractivity contribution in [1.82, 2.24) is 9.13 Å². The van der Waals surface area contributed by atoms with Crippen LogP contribution in [0.4, 0.5) is 13.2 Å². The van der Waals surface area contributed by atoms with E-state index >= 15 is 0 Å². The number of ether oxygens (including phenoxy) is 1. The van der Waals surface area contributed by atoms with Gasteiger partial charge in [-0.1, -0.05) is 84.0 Å². The predicted molar refractivity (Wildman–Crippen MR) is 153 cm³/mol. The van der Waals surface area contributed by atoms with Gasteiger partial charge in [0.2, 0.25) is 5.62 Å². The number of para-hydroxylation sites is 2. The van der Waals surface area contributed by atoms with Gasteiger partial charge >= 0.3 is 12.1 Å². The molecule has 3 N–H and O–H groups in total. The Morgan fingerprint density at radius 2 is 1.45 bits per heavy atom. The average Bonchev–Trinajstić information content (AvgIpc) is 3.13. The van der Waals surface area contributed by atoms with Crippen LogP contribution >= 0.6 is 0 Å². The van der Waals surface area contributed by atoms with E-state index in [9.17, 15) is 28.2 Å². The van der Waals surface area contributed by atoms with E-state index in [0.29, 0.717) is 17.6 Å². The number of aliphatic hydroxyl groups excluding tert-OH is 1. The molecule has 7 nitrogen and oxygen atoms in total. The lowest BCUT2D eigenvalue weighted by atomic mass is 9.77. The second-order valence-corrected chi connectivity index (χ2v) is 12.5. The molecule has 224 valence electrons. The summed E-state index contributed by atoms with van der Waals surface area (Å²) in [6, 6.07) is 18.2. The van der Waals surface area contributed by atoms with Gasteiger partial charge in [0.25, 0.3) is 0 Å². The standard InChI is InChI=1S/C32H36F3N3O4/c1-30(2,3)21-16-20(27(42-28(41)32(33,34)35)25(26(21)40)31(4,5)6)24(39)18-38-23-15-11-10-14-22(23)37(29(38)36)17-19-12-8-7-9-13-19/h7-16,24,36,39-40H,17-18H2,1-6H3. The first-order valence-electron chi connectivity index (χ1n) is 13.6. The molecule has 0 aliphatic heterocycles. The molecule has 1 unspecified atom stereocenters. The number of aromatic hydroxyl groups is 1. The highest BCUT2D eigenvalue weighted by molar-refractivity contribution is 5.80. The van der Waals surface area contributed by atoms with Crippen molar-refractivity contribution in [2.45, 2.75) is 77.7 Å². The van der Waals surface area contributed by atoms with Crippen molar-refractivity contribution in [2.75, 3.05) is 0 Å². The molecule has 1 atom stereocenters. The topological polar surface area (TPSA) is 100 Å². The quantitative estimate of drug-likeness (QED) is 0.179. The molecule has 4 rings (SSSR count). The Hall–Kier alpha value is -4.05. The third-order valence-corrected chi connectivity index (χ3v) is 7.14. The van der Waals surface area contributed by atoms with E-state index < -0.39 is 34.8 Å². The Morgan fingerprint density at radius 1 is 0.905 bits per heavy atom. The first-order valence-corrected chi connectivity index (χ1v) is 13.6. The highest BCUT2D eigenvalue weighted by Crippen LogP contribution is 2.48. The number of carbonyl (C=O) groups is 1. The van der Waals surface area contributed by atoms with Crippen molar-refractivity contribution >= 4 is 17.0 Å². The van der Waals surface area contributed by atoms with Crippen molar-refractivity contribution in [1.29, 1.82) is 5.41 Å². The van der Waals surface area contributed by atoms with E-state index in [1.165, 1.54) is 6.07 Å². The number of aromatic nitrogens is 2. The third-order valence-electron chi connectivity index (χ3n) is 7.14. The maximum atomic E-state index is 13.4. The van der Waals surface area contributed by atoms with Crippen molar-refractivity contribution in [3.8, 4) is 11.5 Å². The molecule has 0 spiro atoms. The van der Waals surface area contributed by atoms with Crippen LogP contribution in [-0.4, -0.2) is 31.5 Å². The van der Waals surface area contributed by atoms with Gasteiger partial charge in [-0.15, -0.1) is 0 Å². The number of phenols is 1. The van der Waals surface area contributed by atoms with E-state index in [1.54, 1.807) is 42.0 Å². The molecule has 1 heterocycles. The van der Waals surface area contributed by atoms with E-state index in [-0.39, 0.29) is 29.0 Å². The SMILES string of the molecule is CC(C)(C)c1cc(C(O)Cn2c(=N)n(Cc3ccccc3)c3ccccc32)c(OC(=O)C(F)(F)F)c(C(C)(C)C)c1O. The summed E-state index contributed by atoms with van der Waals surface area (Å²) < 4.78 is 48.4. The molecular formula is C32H36F3N3O4. The van der Waals surface area contributed by atoms with Gasteiger partial charge in [0, 0.05) is 16.7 Å². The maximum Gasteiger partial charge on any atom is 0.491 e. The van der Waals surface area contributed by atoms with Gasteiger partial charge in [-0.3, -0.25) is 5.41 Å². The zero-order chi connectivity index (χ0) is 31.2. The molecular weight excluding hydrogens is 547 g/mol. The first-order chi connectivity index (χ1) is 19.4. The minimum Gasteiger partial charge on any atom is -0.507 e. The summed E-state index contributed by atoms with van der Waals surface area (Å²) in [6.07, 6.45) is -6.81. The number of phenolic OH excluding ortho intramolecular Hbond substituents is 1. The summed E-state index contributed by atoms with van der Waals surface area (Å²) in [4.78, 5) is 12.1. The van der Waals surface area contributed by atoms with Crippen LogP contribution < -0.4 is 10.4 Å². The molecule has 0 aliphatic carbocycles. The lowest BCUT2D eigenvalue weighted by Gasteiger charge is -2.31. The van der Waals surface area contributed by atoms with Gasteiger partial charge in [0.05, 0.1) is 24.1 Å². The van der Waals surface area contributed by atoms with Crippen LogP contribution in [0.25, 0.3) is 11.0 Å². The highest BCUT2D eigenvalue weighted by atomic mass is 19.4. The lowest BCUT2D eigenvalue weighted by Crippen LogP contribution is -2.31. The van der Waals surface area contributed by atoms with Crippen molar-refractivity contribution in [2.24, 2.45) is 0 Å². The van der Waals surface area contributed by atoms with E-state index in [0.717, 1.165) is 11.1 Å². The summed E-state index contributed by atoms with van der Waals surface area (Å²) >= 11 is 0. The summed E-state index contributed by atoms with van der Waals surface area (Å²) in [5.74, 6) is -3.30. The zero-order valence-corrected chi connectivity index (χ0v) is 24.5. The zero-order valence-electron chi connectivity index (χ0n) is 24.5. The van der Waals surface area contributed by atoms with Crippen molar-refractivity contribution in [3.05, 3.63) is 88.5 Å². The van der Waals surface area contributed by atoms with Crippen LogP contribution in [0.1, 0.15) is 69.9 Å². The van der Waals surface area contributed by atoms with Gasteiger partial charge in [-0.2, -0.15) is 13.2 Å². The number of fused-ring (bicyclic) bond motifs is 1. The van der Waals surface area contributed by atoms with Crippen LogP contribution in [0, 0.1) is 5.41 Å². The van der Waals surface area contributed by atoms with E-state index in [4.69, 9.17) is 10.1 Å². The van der Waals surface area contributed by atoms with Crippen LogP contribution in [0.5, 0.6) is 11.5 Å². The lowest BCUT2D eigenvalue weighted by molar-refractivity contribution is -0.189. The molecule has 0 radical (unpaired) electrons. The van der Waals surface area contributed by atoms with Crippen molar-refractivity contribution in [3.63, 3.8) is 0 Å². The number of imidazole rings is 1. The minimum absolute atomic E-state index is 0.0239.